The van der Waals surface area contributed by atoms with Gasteiger partial charge in [-0.15, -0.1) is 0 Å². The van der Waals surface area contributed by atoms with E-state index in [-0.39, 0.29) is 5.97 Å². The Balaban J connectivity index is 2.22. The van der Waals surface area contributed by atoms with Crippen LogP contribution in [0.5, 0.6) is 0 Å². The van der Waals surface area contributed by atoms with Crippen LogP contribution in [0.25, 0.3) is 27.5 Å². The van der Waals surface area contributed by atoms with Crippen molar-refractivity contribution in [2.24, 2.45) is 0 Å². The molecule has 0 unspecified atom stereocenters. The van der Waals surface area contributed by atoms with Crippen LogP contribution in [0.15, 0.2) is 48.7 Å². The number of nitrogens with one attached hydrogen (secondary N) is 1. The van der Waals surface area contributed by atoms with Crippen molar-refractivity contribution in [2.75, 3.05) is 6.61 Å². The maximum atomic E-state index is 12.4. The van der Waals surface area contributed by atoms with Gasteiger partial charge in [0.2, 0.25) is 0 Å². The van der Waals surface area contributed by atoms with E-state index >= 15 is 0 Å². The van der Waals surface area contributed by atoms with Crippen molar-refractivity contribution >= 4 is 33.4 Å². The number of ether oxygens (including phenoxy) is 1. The monoisotopic (exact) mass is 278 g/mol. The van der Waals surface area contributed by atoms with E-state index in [0.717, 1.165) is 27.5 Å². The summed E-state index contributed by atoms with van der Waals surface area (Å²) in [5.74, 6) is -0.277. The third-order valence-corrected chi connectivity index (χ3v) is 3.77. The van der Waals surface area contributed by atoms with E-state index < -0.39 is 0 Å². The summed E-state index contributed by atoms with van der Waals surface area (Å²) >= 11 is 0. The van der Waals surface area contributed by atoms with E-state index in [1.165, 1.54) is 0 Å². The number of esters is 1. The predicted octanol–water partition coefficient (Wildman–Crippen LogP) is 3.75. The Morgan fingerprint density at radius 3 is 2.86 bits per heavy atom. The van der Waals surface area contributed by atoms with Gasteiger partial charge in [-0.3, -0.25) is 0 Å². The minimum atomic E-state index is -0.277. The summed E-state index contributed by atoms with van der Waals surface area (Å²) in [6.45, 7) is 2.19. The van der Waals surface area contributed by atoms with Gasteiger partial charge < -0.3 is 14.1 Å². The molecule has 0 radical (unpaired) electrons. The topological polar surface area (TPSA) is 46.5 Å². The van der Waals surface area contributed by atoms with Crippen molar-refractivity contribution in [3.63, 3.8) is 0 Å². The summed E-state index contributed by atoms with van der Waals surface area (Å²) in [7, 11) is 0. The highest BCUT2D eigenvalue weighted by molar-refractivity contribution is 6.20. The van der Waals surface area contributed by atoms with Crippen LogP contribution in [-0.2, 0) is 4.74 Å². The maximum Gasteiger partial charge on any atom is 0.341 e. The summed E-state index contributed by atoms with van der Waals surface area (Å²) in [5, 5.41) is 1.97. The summed E-state index contributed by atoms with van der Waals surface area (Å²) in [6.07, 6.45) is 1.95. The molecular formula is C17H14N2O2. The van der Waals surface area contributed by atoms with Crippen LogP contribution in [0.2, 0.25) is 0 Å². The zero-order valence-electron chi connectivity index (χ0n) is 11.6. The lowest BCUT2D eigenvalue weighted by Gasteiger charge is -2.02. The SMILES string of the molecule is CCOC(=O)c1c2c3ccccc3[nH]c2n2ccccc12. The Hall–Kier alpha value is -2.75. The third-order valence-electron chi connectivity index (χ3n) is 3.77. The lowest BCUT2D eigenvalue weighted by atomic mass is 10.1. The second-order valence-electron chi connectivity index (χ2n) is 4.95. The van der Waals surface area contributed by atoms with Crippen molar-refractivity contribution in [2.45, 2.75) is 6.92 Å². The Labute approximate surface area is 120 Å². The molecule has 0 saturated heterocycles. The first kappa shape index (κ1) is 12.0. The quantitative estimate of drug-likeness (QED) is 0.568. The number of para-hydroxylation sites is 1. The van der Waals surface area contributed by atoms with Gasteiger partial charge in [-0.25, -0.2) is 4.79 Å². The van der Waals surface area contributed by atoms with Crippen molar-refractivity contribution in [1.82, 2.24) is 9.38 Å². The maximum absolute atomic E-state index is 12.4. The van der Waals surface area contributed by atoms with Crippen molar-refractivity contribution < 1.29 is 9.53 Å². The summed E-state index contributed by atoms with van der Waals surface area (Å²) in [5.41, 5.74) is 3.44. The number of H-pyrrole nitrogens is 1. The molecule has 4 rings (SSSR count). The molecule has 0 spiro atoms. The normalized spacial score (nSPS) is 11.5. The second-order valence-corrected chi connectivity index (χ2v) is 4.95. The lowest BCUT2D eigenvalue weighted by molar-refractivity contribution is 0.0531. The Bertz CT molecular complexity index is 972. The minimum Gasteiger partial charge on any atom is -0.462 e. The number of rotatable bonds is 2. The van der Waals surface area contributed by atoms with Gasteiger partial charge in [0.15, 0.2) is 0 Å². The molecule has 4 aromatic rings. The number of carbonyl (C=O) groups is 1. The molecule has 21 heavy (non-hydrogen) atoms. The largest absolute Gasteiger partial charge is 0.462 e. The molecule has 0 saturated carbocycles. The van der Waals surface area contributed by atoms with Gasteiger partial charge in [-0.2, -0.15) is 0 Å². The molecule has 1 N–H and O–H groups in total. The first-order valence-electron chi connectivity index (χ1n) is 6.98. The van der Waals surface area contributed by atoms with Crippen LogP contribution in [0, 0.1) is 0 Å². The van der Waals surface area contributed by atoms with Gasteiger partial charge in [0.05, 0.1) is 17.7 Å². The van der Waals surface area contributed by atoms with E-state index in [2.05, 4.69) is 4.98 Å². The predicted molar refractivity (Wildman–Crippen MR) is 82.7 cm³/mol. The van der Waals surface area contributed by atoms with E-state index in [1.54, 1.807) is 0 Å². The number of aromatic nitrogens is 2. The number of nitrogens with zero attached hydrogens (tertiary/aromatic N) is 1. The fraction of sp³-hybridized carbons (Fsp3) is 0.118. The van der Waals surface area contributed by atoms with Crippen LogP contribution in [0.4, 0.5) is 0 Å². The van der Waals surface area contributed by atoms with E-state index in [0.29, 0.717) is 12.2 Å². The van der Waals surface area contributed by atoms with Gasteiger partial charge in [0.1, 0.15) is 5.65 Å². The molecule has 3 heterocycles. The molecule has 0 bridgehead atoms. The number of pyridine rings is 1. The van der Waals surface area contributed by atoms with Crippen LogP contribution in [-0.4, -0.2) is 22.0 Å². The Morgan fingerprint density at radius 2 is 2.00 bits per heavy atom. The fourth-order valence-corrected chi connectivity index (χ4v) is 2.94. The number of hydrogen-bond donors (Lipinski definition) is 1. The molecular weight excluding hydrogens is 264 g/mol. The second kappa shape index (κ2) is 4.38. The molecule has 104 valence electrons. The van der Waals surface area contributed by atoms with E-state index in [4.69, 9.17) is 4.74 Å². The molecule has 4 heteroatoms. The van der Waals surface area contributed by atoms with E-state index in [1.807, 2.05) is 60.0 Å². The number of aromatic amines is 1. The molecule has 0 amide bonds. The average Bonchev–Trinajstić information content (AvgIpc) is 3.02. The number of carbonyl (C=O) groups excluding carboxylic acids is 1. The van der Waals surface area contributed by atoms with Gasteiger partial charge in [-0.1, -0.05) is 24.3 Å². The van der Waals surface area contributed by atoms with Gasteiger partial charge in [-0.05, 0) is 25.1 Å². The summed E-state index contributed by atoms with van der Waals surface area (Å²) in [6, 6.07) is 13.8. The fourth-order valence-electron chi connectivity index (χ4n) is 2.94. The summed E-state index contributed by atoms with van der Waals surface area (Å²) in [4.78, 5) is 15.8. The molecule has 4 nitrogen and oxygen atoms in total. The smallest absolute Gasteiger partial charge is 0.341 e. The van der Waals surface area contributed by atoms with Crippen LogP contribution in [0.1, 0.15) is 17.3 Å². The highest BCUT2D eigenvalue weighted by atomic mass is 16.5. The first-order valence-corrected chi connectivity index (χ1v) is 6.98. The Kier molecular flexibility index (Phi) is 2.51. The molecule has 0 fully saturated rings. The average molecular weight is 278 g/mol. The Morgan fingerprint density at radius 1 is 1.19 bits per heavy atom. The molecule has 0 atom stereocenters. The lowest BCUT2D eigenvalue weighted by Crippen LogP contribution is -2.04. The molecule has 3 aromatic heterocycles. The zero-order chi connectivity index (χ0) is 14.4. The van der Waals surface area contributed by atoms with Crippen molar-refractivity contribution in [3.05, 3.63) is 54.2 Å². The number of hydrogen-bond acceptors (Lipinski definition) is 2. The van der Waals surface area contributed by atoms with Gasteiger partial charge >= 0.3 is 5.97 Å². The van der Waals surface area contributed by atoms with Crippen molar-refractivity contribution in [3.8, 4) is 0 Å². The molecule has 0 aliphatic carbocycles. The highest BCUT2D eigenvalue weighted by Crippen LogP contribution is 2.33. The van der Waals surface area contributed by atoms with Crippen molar-refractivity contribution in [1.29, 1.82) is 0 Å². The first-order chi connectivity index (χ1) is 10.3. The van der Waals surface area contributed by atoms with Crippen LogP contribution >= 0.6 is 0 Å². The number of fused-ring (bicyclic) bond motifs is 5. The standard InChI is InChI=1S/C17H14N2O2/c1-2-21-17(20)15-13-9-5-6-10-19(13)16-14(15)11-7-3-4-8-12(11)18-16/h3-10,18H,2H2,1H3. The zero-order valence-corrected chi connectivity index (χ0v) is 11.6. The molecule has 0 aliphatic rings. The van der Waals surface area contributed by atoms with Gasteiger partial charge in [0, 0.05) is 22.5 Å². The van der Waals surface area contributed by atoms with E-state index in [9.17, 15) is 4.79 Å². The number of benzene rings is 1. The van der Waals surface area contributed by atoms with Gasteiger partial charge in [0.25, 0.3) is 0 Å². The molecule has 1 aromatic carbocycles. The minimum absolute atomic E-state index is 0.277. The van der Waals surface area contributed by atoms with Crippen LogP contribution < -0.4 is 0 Å². The third kappa shape index (κ3) is 1.59. The summed E-state index contributed by atoms with van der Waals surface area (Å²) < 4.78 is 7.26. The highest BCUT2D eigenvalue weighted by Gasteiger charge is 2.22. The molecule has 0 aliphatic heterocycles. The van der Waals surface area contributed by atoms with Crippen LogP contribution in [0.3, 0.4) is 0 Å².